The van der Waals surface area contributed by atoms with E-state index in [0.717, 1.165) is 45.0 Å². The molecular weight excluding hydrogens is 415 g/mol. The third-order valence-corrected chi connectivity index (χ3v) is 7.19. The van der Waals surface area contributed by atoms with Crippen LogP contribution in [0.5, 0.6) is 0 Å². The Balaban J connectivity index is 3.85. The van der Waals surface area contributed by atoms with Gasteiger partial charge in [0.25, 0.3) is 0 Å². The van der Waals surface area contributed by atoms with Crippen LogP contribution in [0, 0.1) is 5.92 Å². The average Bonchev–Trinajstić information content (AvgIpc) is 2.78. The minimum Gasteiger partial charge on any atom is -0.312 e. The first kappa shape index (κ1) is 32.3. The van der Waals surface area contributed by atoms with Crippen LogP contribution in [-0.2, 0) is 13.6 Å². The molecular formula is C28H59O3P. The maximum absolute atomic E-state index is 6.03. The lowest BCUT2D eigenvalue weighted by molar-refractivity contribution is 0.153. The van der Waals surface area contributed by atoms with Crippen molar-refractivity contribution in [2.75, 3.05) is 19.8 Å². The van der Waals surface area contributed by atoms with Crippen molar-refractivity contribution in [2.24, 2.45) is 5.92 Å². The third-order valence-electron chi connectivity index (χ3n) is 6.01. The van der Waals surface area contributed by atoms with Crippen molar-refractivity contribution in [3.63, 3.8) is 0 Å². The zero-order valence-electron chi connectivity index (χ0n) is 22.5. The number of unbranched alkanes of at least 4 members (excludes halogenated alkanes) is 16. The number of hydrogen-bond acceptors (Lipinski definition) is 3. The molecule has 0 saturated carbocycles. The molecule has 0 bridgehead atoms. The molecule has 4 heteroatoms. The van der Waals surface area contributed by atoms with Crippen molar-refractivity contribution in [1.29, 1.82) is 0 Å². The molecule has 0 spiro atoms. The minimum absolute atomic E-state index is 0.782. The molecule has 0 N–H and O–H groups in total. The molecule has 0 amide bonds. The summed E-state index contributed by atoms with van der Waals surface area (Å²) in [6.07, 6.45) is 26.1. The van der Waals surface area contributed by atoms with Gasteiger partial charge in [0.15, 0.2) is 0 Å². The van der Waals surface area contributed by atoms with Crippen molar-refractivity contribution >= 4 is 8.60 Å². The van der Waals surface area contributed by atoms with Gasteiger partial charge in [-0.3, -0.25) is 0 Å². The summed E-state index contributed by atoms with van der Waals surface area (Å²) in [4.78, 5) is 0. The Hall–Kier alpha value is 0.310. The second kappa shape index (κ2) is 27.6. The van der Waals surface area contributed by atoms with E-state index in [1.165, 1.54) is 109 Å². The minimum atomic E-state index is -1.16. The van der Waals surface area contributed by atoms with Crippen LogP contribution < -0.4 is 0 Å². The fourth-order valence-electron chi connectivity index (χ4n) is 3.83. The monoisotopic (exact) mass is 474 g/mol. The zero-order chi connectivity index (χ0) is 23.5. The van der Waals surface area contributed by atoms with Gasteiger partial charge in [-0.2, -0.15) is 0 Å². The smallest absolute Gasteiger partial charge is 0.312 e. The summed E-state index contributed by atoms with van der Waals surface area (Å²) in [6, 6.07) is 0. The lowest BCUT2D eigenvalue weighted by Crippen LogP contribution is -2.01. The van der Waals surface area contributed by atoms with Crippen molar-refractivity contribution < 1.29 is 13.6 Å². The van der Waals surface area contributed by atoms with Crippen LogP contribution in [0.3, 0.4) is 0 Å². The molecule has 0 aromatic rings. The van der Waals surface area contributed by atoms with Gasteiger partial charge in [0, 0.05) is 0 Å². The van der Waals surface area contributed by atoms with E-state index in [1.54, 1.807) is 0 Å². The second-order valence-corrected chi connectivity index (χ2v) is 11.1. The summed E-state index contributed by atoms with van der Waals surface area (Å²) in [5, 5.41) is 0. The van der Waals surface area contributed by atoms with E-state index in [9.17, 15) is 0 Å². The summed E-state index contributed by atoms with van der Waals surface area (Å²) < 4.78 is 18.1. The Morgan fingerprint density at radius 1 is 0.438 bits per heavy atom. The van der Waals surface area contributed by atoms with Gasteiger partial charge >= 0.3 is 8.60 Å². The SMILES string of the molecule is CCCCCCCCCOP(OCCCCCCCCC)OCCCCCCCC(C)C. The van der Waals surface area contributed by atoms with Gasteiger partial charge in [-0.1, -0.05) is 137 Å². The van der Waals surface area contributed by atoms with Gasteiger partial charge in [0.05, 0.1) is 19.8 Å². The maximum Gasteiger partial charge on any atom is 0.332 e. The van der Waals surface area contributed by atoms with Crippen LogP contribution in [0.2, 0.25) is 0 Å². The first-order valence-corrected chi connectivity index (χ1v) is 15.5. The van der Waals surface area contributed by atoms with Crippen LogP contribution in [0.25, 0.3) is 0 Å². The average molecular weight is 475 g/mol. The molecule has 0 radical (unpaired) electrons. The molecule has 0 aliphatic rings. The summed E-state index contributed by atoms with van der Waals surface area (Å²) in [6.45, 7) is 11.5. The van der Waals surface area contributed by atoms with Crippen molar-refractivity contribution in [3.8, 4) is 0 Å². The molecule has 0 unspecified atom stereocenters. The summed E-state index contributed by atoms with van der Waals surface area (Å²) in [7, 11) is -1.16. The molecule has 194 valence electrons. The fraction of sp³-hybridized carbons (Fsp3) is 1.00. The molecule has 0 aromatic carbocycles. The van der Waals surface area contributed by atoms with Crippen molar-refractivity contribution in [1.82, 2.24) is 0 Å². The molecule has 0 aliphatic heterocycles. The van der Waals surface area contributed by atoms with E-state index in [1.807, 2.05) is 0 Å². The van der Waals surface area contributed by atoms with Gasteiger partial charge in [-0.05, 0) is 25.2 Å². The Bertz CT molecular complexity index is 319. The van der Waals surface area contributed by atoms with Crippen molar-refractivity contribution in [3.05, 3.63) is 0 Å². The Kier molecular flexibility index (Phi) is 27.8. The molecule has 0 saturated heterocycles. The number of rotatable bonds is 27. The van der Waals surface area contributed by atoms with E-state index in [-0.39, 0.29) is 0 Å². The summed E-state index contributed by atoms with van der Waals surface area (Å²) >= 11 is 0. The molecule has 0 atom stereocenters. The summed E-state index contributed by atoms with van der Waals surface area (Å²) in [5.74, 6) is 0.837. The van der Waals surface area contributed by atoms with E-state index in [2.05, 4.69) is 27.7 Å². The van der Waals surface area contributed by atoms with Crippen molar-refractivity contribution in [2.45, 2.75) is 156 Å². The highest BCUT2D eigenvalue weighted by Gasteiger charge is 2.12. The molecule has 0 heterocycles. The van der Waals surface area contributed by atoms with Gasteiger partial charge in [0.1, 0.15) is 0 Å². The predicted molar refractivity (Wildman–Crippen MR) is 143 cm³/mol. The maximum atomic E-state index is 6.03. The molecule has 0 aromatic heterocycles. The normalized spacial score (nSPS) is 11.8. The van der Waals surface area contributed by atoms with E-state index in [4.69, 9.17) is 13.6 Å². The number of hydrogen-bond donors (Lipinski definition) is 0. The highest BCUT2D eigenvalue weighted by atomic mass is 31.2. The molecule has 0 fully saturated rings. The largest absolute Gasteiger partial charge is 0.332 e. The van der Waals surface area contributed by atoms with Gasteiger partial charge in [0.2, 0.25) is 0 Å². The van der Waals surface area contributed by atoms with Crippen LogP contribution >= 0.6 is 8.60 Å². The summed E-state index contributed by atoms with van der Waals surface area (Å²) in [5.41, 5.74) is 0. The van der Waals surface area contributed by atoms with Crippen LogP contribution in [-0.4, -0.2) is 19.8 Å². The van der Waals surface area contributed by atoms with Gasteiger partial charge in [-0.25, -0.2) is 0 Å². The Morgan fingerprint density at radius 2 is 0.750 bits per heavy atom. The quantitative estimate of drug-likeness (QED) is 0.0875. The van der Waals surface area contributed by atoms with E-state index >= 15 is 0 Å². The molecule has 3 nitrogen and oxygen atoms in total. The molecule has 0 rings (SSSR count). The fourth-order valence-corrected chi connectivity index (χ4v) is 4.89. The molecule has 32 heavy (non-hydrogen) atoms. The topological polar surface area (TPSA) is 27.7 Å². The zero-order valence-corrected chi connectivity index (χ0v) is 23.4. The predicted octanol–water partition coefficient (Wildman–Crippen LogP) is 10.8. The first-order valence-electron chi connectivity index (χ1n) is 14.4. The van der Waals surface area contributed by atoms with Crippen LogP contribution in [0.1, 0.15) is 156 Å². The Morgan fingerprint density at radius 3 is 1.09 bits per heavy atom. The van der Waals surface area contributed by atoms with Crippen LogP contribution in [0.4, 0.5) is 0 Å². The highest BCUT2D eigenvalue weighted by Crippen LogP contribution is 2.40. The van der Waals surface area contributed by atoms with E-state index in [0.29, 0.717) is 0 Å². The first-order chi connectivity index (χ1) is 15.7. The lowest BCUT2D eigenvalue weighted by Gasteiger charge is -2.17. The Labute approximate surface area is 204 Å². The van der Waals surface area contributed by atoms with E-state index < -0.39 is 8.60 Å². The third kappa shape index (κ3) is 26.6. The second-order valence-electron chi connectivity index (χ2n) is 9.92. The van der Waals surface area contributed by atoms with Gasteiger partial charge in [-0.15, -0.1) is 0 Å². The lowest BCUT2D eigenvalue weighted by atomic mass is 10.0. The standard InChI is InChI=1S/C28H59O3P/c1-5-7-9-11-13-17-21-25-29-32(30-26-22-18-14-12-10-8-6-2)31-27-23-19-15-16-20-24-28(3)4/h28H,5-27H2,1-4H3. The highest BCUT2D eigenvalue weighted by molar-refractivity contribution is 7.41. The van der Waals surface area contributed by atoms with Crippen LogP contribution in [0.15, 0.2) is 0 Å². The molecule has 0 aliphatic carbocycles. The van der Waals surface area contributed by atoms with Gasteiger partial charge < -0.3 is 13.6 Å².